The Bertz CT molecular complexity index is 1130. The molecule has 0 aliphatic carbocycles. The van der Waals surface area contributed by atoms with E-state index in [-0.39, 0.29) is 21.8 Å². The fraction of sp³-hybridized carbons (Fsp3) is 0.0909. The Balaban J connectivity index is 2.69. The quantitative estimate of drug-likeness (QED) is 0.546. The van der Waals surface area contributed by atoms with Crippen LogP contribution in [-0.2, 0) is 7.05 Å². The minimum Gasteiger partial charge on any atom is -0.358 e. The molecule has 0 saturated carbocycles. The minimum atomic E-state index is -0.917. The number of nitrogens with zero attached hydrogens (tertiary/aromatic N) is 5. The maximum Gasteiger partial charge on any atom is 0.398 e. The van der Waals surface area contributed by atoms with Crippen molar-refractivity contribution in [2.75, 3.05) is 0 Å². The lowest BCUT2D eigenvalue weighted by Gasteiger charge is -2.02. The van der Waals surface area contributed by atoms with Crippen molar-refractivity contribution in [2.45, 2.75) is 0 Å². The number of hydrogen-bond donors (Lipinski definition) is 1. The molecule has 1 aromatic carbocycles. The number of nitro benzene ring substituents is 2. The fourth-order valence-electron chi connectivity index (χ4n) is 2.51. The van der Waals surface area contributed by atoms with Gasteiger partial charge in [-0.25, -0.2) is 0 Å². The summed E-state index contributed by atoms with van der Waals surface area (Å²) in [6.07, 6.45) is 0. The van der Waals surface area contributed by atoms with Crippen LogP contribution in [0.15, 0.2) is 16.9 Å². The maximum atomic E-state index is 12.1. The first kappa shape index (κ1) is 15.0. The van der Waals surface area contributed by atoms with Gasteiger partial charge < -0.3 is 15.1 Å². The Morgan fingerprint density at radius 2 is 1.75 bits per heavy atom. The standard InChI is InChI=1S/C11H6N6O7/c1-14-9-7(10(13-14)17(23)24)5-2-4(15(19)20)3-6(16(21)22)8(5)12-11(9)18/h2-3H,1H3,(H,12,18). The largest absolute Gasteiger partial charge is 0.398 e. The summed E-state index contributed by atoms with van der Waals surface area (Å²) in [7, 11) is 1.28. The second kappa shape index (κ2) is 4.80. The summed E-state index contributed by atoms with van der Waals surface area (Å²) in [6, 6.07) is 1.60. The Kier molecular flexibility index (Phi) is 3.00. The Labute approximate surface area is 129 Å². The second-order valence-electron chi connectivity index (χ2n) is 4.78. The molecule has 0 aliphatic rings. The Morgan fingerprint density at radius 1 is 1.08 bits per heavy atom. The van der Waals surface area contributed by atoms with E-state index in [4.69, 9.17) is 0 Å². The number of H-pyrrole nitrogens is 1. The van der Waals surface area contributed by atoms with Crippen molar-refractivity contribution >= 4 is 39.0 Å². The number of pyridine rings is 1. The van der Waals surface area contributed by atoms with Gasteiger partial charge in [-0.2, -0.15) is 4.68 Å². The van der Waals surface area contributed by atoms with E-state index < -0.39 is 37.5 Å². The highest BCUT2D eigenvalue weighted by Crippen LogP contribution is 2.35. The summed E-state index contributed by atoms with van der Waals surface area (Å²) in [5.41, 5.74) is -2.78. The molecule has 0 radical (unpaired) electrons. The van der Waals surface area contributed by atoms with Gasteiger partial charge in [0.05, 0.1) is 28.1 Å². The van der Waals surface area contributed by atoms with Gasteiger partial charge in [0.15, 0.2) is 5.52 Å². The van der Waals surface area contributed by atoms with Crippen molar-refractivity contribution in [1.82, 2.24) is 14.8 Å². The SMILES string of the molecule is Cn1nc([N+](=O)[O-])c2c3cc([N+](=O)[O-])cc([N+](=O)[O-])c3[nH]c(=O)c21. The molecule has 0 unspecified atom stereocenters. The number of aromatic nitrogens is 3. The van der Waals surface area contributed by atoms with Crippen LogP contribution in [0.1, 0.15) is 0 Å². The molecule has 0 spiro atoms. The van der Waals surface area contributed by atoms with E-state index in [0.717, 1.165) is 10.7 Å². The van der Waals surface area contributed by atoms with Crippen molar-refractivity contribution in [3.8, 4) is 0 Å². The first-order valence-corrected chi connectivity index (χ1v) is 6.22. The van der Waals surface area contributed by atoms with Crippen LogP contribution in [0.25, 0.3) is 21.8 Å². The van der Waals surface area contributed by atoms with Crippen LogP contribution in [0.2, 0.25) is 0 Å². The van der Waals surface area contributed by atoms with Gasteiger partial charge in [-0.15, -0.1) is 0 Å². The Hall–Kier alpha value is -3.90. The van der Waals surface area contributed by atoms with Crippen LogP contribution in [0.4, 0.5) is 17.2 Å². The maximum absolute atomic E-state index is 12.1. The van der Waals surface area contributed by atoms with E-state index in [9.17, 15) is 35.1 Å². The molecular formula is C11H6N6O7. The molecule has 122 valence electrons. The topological polar surface area (TPSA) is 180 Å². The molecular weight excluding hydrogens is 328 g/mol. The predicted molar refractivity (Wildman–Crippen MR) is 78.8 cm³/mol. The number of benzene rings is 1. The molecule has 1 N–H and O–H groups in total. The van der Waals surface area contributed by atoms with Crippen LogP contribution in [0.3, 0.4) is 0 Å². The van der Waals surface area contributed by atoms with Crippen LogP contribution >= 0.6 is 0 Å². The molecule has 0 amide bonds. The zero-order valence-electron chi connectivity index (χ0n) is 11.7. The number of nitrogens with one attached hydrogen (secondary N) is 1. The van der Waals surface area contributed by atoms with Crippen molar-refractivity contribution in [2.24, 2.45) is 7.05 Å². The van der Waals surface area contributed by atoms with Gasteiger partial charge in [-0.3, -0.25) is 25.0 Å². The molecule has 0 aliphatic heterocycles. The average Bonchev–Trinajstić information content (AvgIpc) is 2.85. The number of aromatic amines is 1. The van der Waals surface area contributed by atoms with Gasteiger partial charge >= 0.3 is 5.82 Å². The average molecular weight is 334 g/mol. The number of non-ortho nitro benzene ring substituents is 2. The monoisotopic (exact) mass is 334 g/mol. The third-order valence-corrected chi connectivity index (χ3v) is 3.43. The number of nitro groups is 3. The summed E-state index contributed by atoms with van der Waals surface area (Å²) in [5.74, 6) is -0.724. The van der Waals surface area contributed by atoms with Crippen molar-refractivity contribution < 1.29 is 14.8 Å². The first-order chi connectivity index (χ1) is 11.2. The molecule has 13 heteroatoms. The van der Waals surface area contributed by atoms with E-state index in [1.807, 2.05) is 0 Å². The molecule has 0 atom stereocenters. The number of rotatable bonds is 3. The summed E-state index contributed by atoms with van der Waals surface area (Å²) in [6.45, 7) is 0. The number of hydrogen-bond acceptors (Lipinski definition) is 8. The molecule has 3 aromatic rings. The van der Waals surface area contributed by atoms with E-state index >= 15 is 0 Å². The minimum absolute atomic E-state index is 0.203. The highest BCUT2D eigenvalue weighted by molar-refractivity contribution is 6.11. The van der Waals surface area contributed by atoms with Crippen LogP contribution in [0.5, 0.6) is 0 Å². The van der Waals surface area contributed by atoms with Crippen LogP contribution in [0, 0.1) is 30.3 Å². The van der Waals surface area contributed by atoms with Gasteiger partial charge in [-0.1, -0.05) is 0 Å². The molecule has 0 saturated heterocycles. The summed E-state index contributed by atoms with van der Waals surface area (Å²) in [5, 5.41) is 36.4. The third kappa shape index (κ3) is 1.95. The van der Waals surface area contributed by atoms with Crippen molar-refractivity contribution in [3.05, 3.63) is 52.8 Å². The lowest BCUT2D eigenvalue weighted by molar-refractivity contribution is -0.393. The smallest absolute Gasteiger partial charge is 0.358 e. The fourth-order valence-corrected chi connectivity index (χ4v) is 2.51. The Morgan fingerprint density at radius 3 is 2.29 bits per heavy atom. The molecule has 0 fully saturated rings. The molecule has 13 nitrogen and oxygen atoms in total. The van der Waals surface area contributed by atoms with Crippen LogP contribution in [-0.4, -0.2) is 29.5 Å². The van der Waals surface area contributed by atoms with E-state index in [0.29, 0.717) is 6.07 Å². The second-order valence-corrected chi connectivity index (χ2v) is 4.78. The number of aryl methyl sites for hydroxylation is 1. The molecule has 24 heavy (non-hydrogen) atoms. The van der Waals surface area contributed by atoms with Gasteiger partial charge in [0, 0.05) is 11.5 Å². The summed E-state index contributed by atoms with van der Waals surface area (Å²) >= 11 is 0. The third-order valence-electron chi connectivity index (χ3n) is 3.43. The van der Waals surface area contributed by atoms with Gasteiger partial charge in [-0.05, 0) is 4.92 Å². The van der Waals surface area contributed by atoms with E-state index in [1.54, 1.807) is 0 Å². The summed E-state index contributed by atoms with van der Waals surface area (Å²) in [4.78, 5) is 45.1. The van der Waals surface area contributed by atoms with Gasteiger partial charge in [0.1, 0.15) is 10.9 Å². The van der Waals surface area contributed by atoms with Gasteiger partial charge in [0.25, 0.3) is 16.9 Å². The molecule has 0 bridgehead atoms. The first-order valence-electron chi connectivity index (χ1n) is 6.22. The molecule has 3 rings (SSSR count). The lowest BCUT2D eigenvalue weighted by Crippen LogP contribution is -2.11. The van der Waals surface area contributed by atoms with Crippen molar-refractivity contribution in [1.29, 1.82) is 0 Å². The normalized spacial score (nSPS) is 11.0. The lowest BCUT2D eigenvalue weighted by atomic mass is 10.1. The zero-order valence-corrected chi connectivity index (χ0v) is 11.7. The predicted octanol–water partition coefficient (Wildman–Crippen LogP) is 1.14. The van der Waals surface area contributed by atoms with E-state index in [1.165, 1.54) is 7.05 Å². The van der Waals surface area contributed by atoms with Crippen molar-refractivity contribution in [3.63, 3.8) is 0 Å². The van der Waals surface area contributed by atoms with E-state index in [2.05, 4.69) is 10.1 Å². The molecule has 2 heterocycles. The number of fused-ring (bicyclic) bond motifs is 3. The van der Waals surface area contributed by atoms with Gasteiger partial charge in [0.2, 0.25) is 0 Å². The van der Waals surface area contributed by atoms with Crippen LogP contribution < -0.4 is 5.56 Å². The molecule has 2 aromatic heterocycles. The summed E-state index contributed by atoms with van der Waals surface area (Å²) < 4.78 is 0.941. The highest BCUT2D eigenvalue weighted by Gasteiger charge is 2.29. The highest BCUT2D eigenvalue weighted by atomic mass is 16.6. The zero-order chi connectivity index (χ0) is 17.8.